The Labute approximate surface area is 192 Å². The van der Waals surface area contributed by atoms with Gasteiger partial charge in [0, 0.05) is 30.2 Å². The lowest BCUT2D eigenvalue weighted by molar-refractivity contribution is -0.122. The lowest BCUT2D eigenvalue weighted by Gasteiger charge is -2.19. The second-order valence-corrected chi connectivity index (χ2v) is 10.6. The summed E-state index contributed by atoms with van der Waals surface area (Å²) in [6, 6.07) is 12.4. The minimum absolute atomic E-state index is 0.108. The molecule has 0 radical (unpaired) electrons. The number of amides is 1. The molecule has 1 fully saturated rings. The molecule has 3 aromatic rings. The van der Waals surface area contributed by atoms with Gasteiger partial charge in [-0.25, -0.2) is 13.4 Å². The first-order valence-electron chi connectivity index (χ1n) is 10.4. The molecule has 2 heterocycles. The van der Waals surface area contributed by atoms with Crippen LogP contribution in [0.4, 0.5) is 10.8 Å². The van der Waals surface area contributed by atoms with Crippen LogP contribution >= 0.6 is 11.3 Å². The molecule has 7 nitrogen and oxygen atoms in total. The van der Waals surface area contributed by atoms with Gasteiger partial charge in [-0.05, 0) is 54.3 Å². The topological polar surface area (TPSA) is 88.6 Å². The van der Waals surface area contributed by atoms with E-state index in [0.717, 1.165) is 16.9 Å². The molecule has 2 aromatic carbocycles. The number of sulfonamides is 1. The van der Waals surface area contributed by atoms with Gasteiger partial charge in [0.05, 0.1) is 4.90 Å². The van der Waals surface area contributed by atoms with Gasteiger partial charge in [0.15, 0.2) is 11.2 Å². The number of ether oxygens (including phenoxy) is 1. The standard InChI is InChI=1S/C23H25N3O4S2/c1-15(2)17-5-4-16(3)21(14-17)30-20-10-12-26(22(20)27)18-6-8-19(9-7-18)32(28,29)25-23-24-11-13-31-23/h4-9,11,13-15,20H,10,12H2,1-3H3,(H,24,25). The smallest absolute Gasteiger partial charge is 0.268 e. The molecule has 0 aliphatic carbocycles. The van der Waals surface area contributed by atoms with Crippen molar-refractivity contribution < 1.29 is 17.9 Å². The minimum Gasteiger partial charge on any atom is -0.480 e. The minimum atomic E-state index is -3.73. The average Bonchev–Trinajstić information content (AvgIpc) is 3.39. The molecule has 168 valence electrons. The molecule has 32 heavy (non-hydrogen) atoms. The molecule has 0 bridgehead atoms. The zero-order valence-electron chi connectivity index (χ0n) is 18.1. The van der Waals surface area contributed by atoms with Gasteiger partial charge in [0.2, 0.25) is 0 Å². The van der Waals surface area contributed by atoms with E-state index in [1.165, 1.54) is 29.7 Å². The van der Waals surface area contributed by atoms with E-state index in [1.807, 2.05) is 19.1 Å². The van der Waals surface area contributed by atoms with E-state index in [-0.39, 0.29) is 10.8 Å². The van der Waals surface area contributed by atoms with Crippen molar-refractivity contribution in [2.75, 3.05) is 16.2 Å². The van der Waals surface area contributed by atoms with E-state index in [1.54, 1.807) is 22.4 Å². The van der Waals surface area contributed by atoms with Crippen LogP contribution in [0.25, 0.3) is 0 Å². The lowest BCUT2D eigenvalue weighted by atomic mass is 10.0. The van der Waals surface area contributed by atoms with Crippen molar-refractivity contribution in [1.82, 2.24) is 4.98 Å². The van der Waals surface area contributed by atoms with Crippen LogP contribution in [0.3, 0.4) is 0 Å². The molecule has 1 aromatic heterocycles. The summed E-state index contributed by atoms with van der Waals surface area (Å²) in [7, 11) is -3.73. The second kappa shape index (κ2) is 8.91. The summed E-state index contributed by atoms with van der Waals surface area (Å²) in [5.41, 5.74) is 2.79. The molecule has 1 saturated heterocycles. The quantitative estimate of drug-likeness (QED) is 0.546. The average molecular weight is 472 g/mol. The number of aryl methyl sites for hydroxylation is 1. The SMILES string of the molecule is Cc1ccc(C(C)C)cc1OC1CCN(c2ccc(S(=O)(=O)Nc3nccs3)cc2)C1=O. The molecular weight excluding hydrogens is 446 g/mol. The number of carbonyl (C=O) groups is 1. The van der Waals surface area contributed by atoms with E-state index >= 15 is 0 Å². The Balaban J connectivity index is 1.47. The van der Waals surface area contributed by atoms with E-state index in [9.17, 15) is 13.2 Å². The first kappa shape index (κ1) is 22.3. The molecular formula is C23H25N3O4S2. The summed E-state index contributed by atoms with van der Waals surface area (Å²) in [5.74, 6) is 0.968. The number of carbonyl (C=O) groups excluding carboxylic acids is 1. The zero-order chi connectivity index (χ0) is 22.9. The van der Waals surface area contributed by atoms with Gasteiger partial charge in [-0.1, -0.05) is 26.0 Å². The highest BCUT2D eigenvalue weighted by Crippen LogP contribution is 2.30. The number of rotatable bonds is 7. The van der Waals surface area contributed by atoms with Gasteiger partial charge in [-0.15, -0.1) is 11.3 Å². The predicted molar refractivity (Wildman–Crippen MR) is 126 cm³/mol. The van der Waals surface area contributed by atoms with Crippen molar-refractivity contribution in [2.45, 2.75) is 44.1 Å². The van der Waals surface area contributed by atoms with Crippen molar-refractivity contribution in [2.24, 2.45) is 0 Å². The van der Waals surface area contributed by atoms with Crippen LogP contribution < -0.4 is 14.4 Å². The van der Waals surface area contributed by atoms with Crippen molar-refractivity contribution >= 4 is 38.1 Å². The maximum atomic E-state index is 13.0. The van der Waals surface area contributed by atoms with Gasteiger partial charge >= 0.3 is 0 Å². The van der Waals surface area contributed by atoms with Crippen molar-refractivity contribution in [3.8, 4) is 5.75 Å². The van der Waals surface area contributed by atoms with Crippen LogP contribution in [0, 0.1) is 6.92 Å². The first-order chi connectivity index (χ1) is 15.2. The summed E-state index contributed by atoms with van der Waals surface area (Å²) in [6.07, 6.45) is 1.53. The third-order valence-electron chi connectivity index (χ3n) is 5.42. The monoisotopic (exact) mass is 471 g/mol. The van der Waals surface area contributed by atoms with Crippen LogP contribution in [0.2, 0.25) is 0 Å². The summed E-state index contributed by atoms with van der Waals surface area (Å²) in [6.45, 7) is 6.71. The molecule has 1 aliphatic rings. The third-order valence-corrected chi connectivity index (χ3v) is 7.59. The fraction of sp³-hybridized carbons (Fsp3) is 0.304. The normalized spacial score (nSPS) is 16.6. The van der Waals surface area contributed by atoms with Crippen molar-refractivity contribution in [1.29, 1.82) is 0 Å². The molecule has 0 spiro atoms. The third kappa shape index (κ3) is 4.63. The van der Waals surface area contributed by atoms with Gasteiger partial charge in [0.25, 0.3) is 15.9 Å². The highest BCUT2D eigenvalue weighted by atomic mass is 32.2. The number of nitrogens with one attached hydrogen (secondary N) is 1. The Bertz CT molecular complexity index is 1210. The van der Waals surface area contributed by atoms with Crippen LogP contribution in [0.1, 0.15) is 37.3 Å². The maximum Gasteiger partial charge on any atom is 0.268 e. The van der Waals surface area contributed by atoms with Gasteiger partial charge in [-0.2, -0.15) is 0 Å². The number of benzene rings is 2. The molecule has 9 heteroatoms. The van der Waals surface area contributed by atoms with Crippen molar-refractivity contribution in [3.05, 3.63) is 65.2 Å². The maximum absolute atomic E-state index is 13.0. The van der Waals surface area contributed by atoms with Gasteiger partial charge < -0.3 is 9.64 Å². The Hall–Kier alpha value is -2.91. The molecule has 4 rings (SSSR count). The van der Waals surface area contributed by atoms with E-state index in [0.29, 0.717) is 29.7 Å². The molecule has 1 atom stereocenters. The van der Waals surface area contributed by atoms with E-state index < -0.39 is 16.1 Å². The van der Waals surface area contributed by atoms with Crippen LogP contribution in [0.5, 0.6) is 5.75 Å². The molecule has 1 aliphatic heterocycles. The molecule has 1 unspecified atom stereocenters. The molecule has 0 saturated carbocycles. The van der Waals surface area contributed by atoms with Crippen LogP contribution in [0.15, 0.2) is 58.9 Å². The van der Waals surface area contributed by atoms with Crippen LogP contribution in [-0.2, 0) is 14.8 Å². The Kier molecular flexibility index (Phi) is 6.21. The molecule has 1 amide bonds. The number of thiazole rings is 1. The largest absolute Gasteiger partial charge is 0.480 e. The summed E-state index contributed by atoms with van der Waals surface area (Å²) >= 11 is 1.20. The van der Waals surface area contributed by atoms with Crippen molar-refractivity contribution in [3.63, 3.8) is 0 Å². The Morgan fingerprint density at radius 2 is 1.94 bits per heavy atom. The number of hydrogen-bond donors (Lipinski definition) is 1. The second-order valence-electron chi connectivity index (χ2n) is 8.00. The molecule has 1 N–H and O–H groups in total. The van der Waals surface area contributed by atoms with Crippen LogP contribution in [-0.4, -0.2) is 32.0 Å². The number of hydrogen-bond acceptors (Lipinski definition) is 6. The highest BCUT2D eigenvalue weighted by molar-refractivity contribution is 7.93. The van der Waals surface area contributed by atoms with Gasteiger partial charge in [-0.3, -0.25) is 9.52 Å². The highest BCUT2D eigenvalue weighted by Gasteiger charge is 2.34. The van der Waals surface area contributed by atoms with Gasteiger partial charge in [0.1, 0.15) is 5.75 Å². The predicted octanol–water partition coefficient (Wildman–Crippen LogP) is 4.56. The number of aromatic nitrogens is 1. The lowest BCUT2D eigenvalue weighted by Crippen LogP contribution is -2.32. The van der Waals surface area contributed by atoms with E-state index in [2.05, 4.69) is 29.6 Å². The summed E-state index contributed by atoms with van der Waals surface area (Å²) in [5, 5.41) is 2.00. The first-order valence-corrected chi connectivity index (χ1v) is 12.7. The fourth-order valence-electron chi connectivity index (χ4n) is 3.53. The Morgan fingerprint density at radius 3 is 2.59 bits per heavy atom. The van der Waals surface area contributed by atoms with E-state index in [4.69, 9.17) is 4.74 Å². The number of nitrogens with zero attached hydrogens (tertiary/aromatic N) is 2. The summed E-state index contributed by atoms with van der Waals surface area (Å²) in [4.78, 5) is 18.7. The summed E-state index contributed by atoms with van der Waals surface area (Å²) < 4.78 is 33.6. The number of anilines is 2. The fourth-order valence-corrected chi connectivity index (χ4v) is 5.32. The zero-order valence-corrected chi connectivity index (χ0v) is 19.7. The Morgan fingerprint density at radius 1 is 1.19 bits per heavy atom.